The molecule has 0 fully saturated rings. The van der Waals surface area contributed by atoms with Gasteiger partial charge in [-0.15, -0.1) is 0 Å². The predicted molar refractivity (Wildman–Crippen MR) is 68.2 cm³/mol. The maximum atomic E-state index is 10.7. The second-order valence-electron chi connectivity index (χ2n) is 4.28. The van der Waals surface area contributed by atoms with Crippen LogP contribution >= 0.6 is 0 Å². The van der Waals surface area contributed by atoms with E-state index in [0.717, 1.165) is 11.3 Å². The lowest BCUT2D eigenvalue weighted by atomic mass is 10.1. The Kier molecular flexibility index (Phi) is 3.48. The summed E-state index contributed by atoms with van der Waals surface area (Å²) in [6.07, 6.45) is 0.196. The Labute approximate surface area is 105 Å². The molecule has 1 aromatic heterocycles. The molecule has 1 heterocycles. The molecule has 18 heavy (non-hydrogen) atoms. The minimum Gasteiger partial charge on any atom is -0.480 e. The first kappa shape index (κ1) is 12.4. The van der Waals surface area contributed by atoms with Gasteiger partial charge in [0.05, 0.1) is 0 Å². The van der Waals surface area contributed by atoms with Gasteiger partial charge in [-0.2, -0.15) is 0 Å². The zero-order valence-corrected chi connectivity index (χ0v) is 10.1. The zero-order valence-electron chi connectivity index (χ0n) is 10.1. The summed E-state index contributed by atoms with van der Waals surface area (Å²) in [5.41, 5.74) is 7.60. The molecular formula is C14H15NO3. The van der Waals surface area contributed by atoms with E-state index in [1.165, 1.54) is 5.56 Å². The van der Waals surface area contributed by atoms with Crippen LogP contribution in [0.1, 0.15) is 11.3 Å². The summed E-state index contributed by atoms with van der Waals surface area (Å²) in [6, 6.07) is 10.6. The highest BCUT2D eigenvalue weighted by Crippen LogP contribution is 2.23. The van der Waals surface area contributed by atoms with Crippen LogP contribution in [0, 0.1) is 6.92 Å². The quantitative estimate of drug-likeness (QED) is 0.865. The summed E-state index contributed by atoms with van der Waals surface area (Å²) in [5, 5.41) is 8.73. The van der Waals surface area contributed by atoms with Crippen molar-refractivity contribution < 1.29 is 14.3 Å². The smallest absolute Gasteiger partial charge is 0.320 e. The van der Waals surface area contributed by atoms with Gasteiger partial charge in [-0.3, -0.25) is 4.79 Å². The molecule has 0 aliphatic heterocycles. The van der Waals surface area contributed by atoms with Gasteiger partial charge in [0.25, 0.3) is 0 Å². The van der Waals surface area contributed by atoms with Crippen molar-refractivity contribution in [3.8, 4) is 11.3 Å². The van der Waals surface area contributed by atoms with Crippen molar-refractivity contribution in [3.63, 3.8) is 0 Å². The molecule has 3 N–H and O–H groups in total. The predicted octanol–water partition coefficient (Wildman–Crippen LogP) is 2.21. The maximum absolute atomic E-state index is 10.7. The number of rotatable bonds is 4. The summed E-state index contributed by atoms with van der Waals surface area (Å²) in [7, 11) is 0. The summed E-state index contributed by atoms with van der Waals surface area (Å²) in [6.45, 7) is 2.02. The minimum atomic E-state index is -1.02. The molecule has 2 aromatic rings. The van der Waals surface area contributed by atoms with E-state index in [-0.39, 0.29) is 6.42 Å². The van der Waals surface area contributed by atoms with Crippen LogP contribution in [-0.4, -0.2) is 17.1 Å². The Morgan fingerprint density at radius 1 is 1.28 bits per heavy atom. The van der Waals surface area contributed by atoms with Crippen LogP contribution in [0.3, 0.4) is 0 Å². The van der Waals surface area contributed by atoms with E-state index >= 15 is 0 Å². The van der Waals surface area contributed by atoms with Gasteiger partial charge in [-0.1, -0.05) is 29.8 Å². The minimum absolute atomic E-state index is 0.196. The van der Waals surface area contributed by atoms with Crippen LogP contribution in [0.5, 0.6) is 0 Å². The van der Waals surface area contributed by atoms with Gasteiger partial charge >= 0.3 is 5.97 Å². The summed E-state index contributed by atoms with van der Waals surface area (Å²) in [5.74, 6) is 0.284. The number of carboxylic acids is 1. The highest BCUT2D eigenvalue weighted by Gasteiger charge is 2.14. The average molecular weight is 245 g/mol. The van der Waals surface area contributed by atoms with E-state index in [1.54, 1.807) is 6.07 Å². The first-order chi connectivity index (χ1) is 8.56. The van der Waals surface area contributed by atoms with Crippen LogP contribution < -0.4 is 5.73 Å². The summed E-state index contributed by atoms with van der Waals surface area (Å²) < 4.78 is 5.59. The number of carbonyl (C=O) groups is 1. The number of furan rings is 1. The lowest BCUT2D eigenvalue weighted by Gasteiger charge is -2.03. The third-order valence-corrected chi connectivity index (χ3v) is 2.74. The number of benzene rings is 1. The first-order valence-corrected chi connectivity index (χ1v) is 5.70. The molecule has 0 amide bonds. The molecule has 2 rings (SSSR count). The van der Waals surface area contributed by atoms with Crippen LogP contribution in [-0.2, 0) is 11.2 Å². The van der Waals surface area contributed by atoms with Crippen LogP contribution in [0.2, 0.25) is 0 Å². The molecule has 1 atom stereocenters. The maximum Gasteiger partial charge on any atom is 0.320 e. The Bertz CT molecular complexity index is 542. The lowest BCUT2D eigenvalue weighted by Crippen LogP contribution is -2.32. The number of aliphatic carboxylic acids is 1. The van der Waals surface area contributed by atoms with Crippen molar-refractivity contribution in [2.75, 3.05) is 0 Å². The summed E-state index contributed by atoms with van der Waals surface area (Å²) in [4.78, 5) is 10.7. The van der Waals surface area contributed by atoms with Crippen molar-refractivity contribution in [1.82, 2.24) is 0 Å². The van der Waals surface area contributed by atoms with Gasteiger partial charge in [-0.05, 0) is 19.1 Å². The van der Waals surface area contributed by atoms with Crippen molar-refractivity contribution in [1.29, 1.82) is 0 Å². The Morgan fingerprint density at radius 3 is 2.56 bits per heavy atom. The van der Waals surface area contributed by atoms with Crippen molar-refractivity contribution in [3.05, 3.63) is 47.7 Å². The molecule has 4 nitrogen and oxygen atoms in total. The highest BCUT2D eigenvalue weighted by atomic mass is 16.4. The molecule has 94 valence electrons. The molecule has 0 saturated carbocycles. The number of hydrogen-bond acceptors (Lipinski definition) is 3. The number of carboxylic acid groups (broad SMARTS) is 1. The summed E-state index contributed by atoms with van der Waals surface area (Å²) >= 11 is 0. The fourth-order valence-electron chi connectivity index (χ4n) is 1.66. The fourth-order valence-corrected chi connectivity index (χ4v) is 1.66. The Balaban J connectivity index is 2.15. The normalized spacial score (nSPS) is 12.3. The lowest BCUT2D eigenvalue weighted by molar-refractivity contribution is -0.138. The van der Waals surface area contributed by atoms with Gasteiger partial charge in [0, 0.05) is 12.0 Å². The molecule has 1 aromatic carbocycles. The SMILES string of the molecule is Cc1ccc(-c2ccc(CC(N)C(=O)O)o2)cc1. The van der Waals surface area contributed by atoms with Crippen LogP contribution in [0.15, 0.2) is 40.8 Å². The second kappa shape index (κ2) is 5.06. The van der Waals surface area contributed by atoms with E-state index < -0.39 is 12.0 Å². The number of aryl methyl sites for hydroxylation is 1. The van der Waals surface area contributed by atoms with Gasteiger partial charge in [0.2, 0.25) is 0 Å². The van der Waals surface area contributed by atoms with Crippen molar-refractivity contribution >= 4 is 5.97 Å². The molecule has 0 saturated heterocycles. The average Bonchev–Trinajstić information content (AvgIpc) is 2.78. The van der Waals surface area contributed by atoms with Gasteiger partial charge in [-0.25, -0.2) is 0 Å². The van der Waals surface area contributed by atoms with E-state index in [1.807, 2.05) is 37.3 Å². The largest absolute Gasteiger partial charge is 0.480 e. The molecule has 4 heteroatoms. The topological polar surface area (TPSA) is 76.5 Å². The Hall–Kier alpha value is -2.07. The highest BCUT2D eigenvalue weighted by molar-refractivity contribution is 5.73. The molecule has 0 bridgehead atoms. The molecule has 0 aliphatic carbocycles. The van der Waals surface area contributed by atoms with E-state index in [0.29, 0.717) is 5.76 Å². The van der Waals surface area contributed by atoms with Crippen molar-refractivity contribution in [2.45, 2.75) is 19.4 Å². The van der Waals surface area contributed by atoms with E-state index in [9.17, 15) is 4.79 Å². The monoisotopic (exact) mass is 245 g/mol. The molecule has 0 spiro atoms. The van der Waals surface area contributed by atoms with Crippen LogP contribution in [0.25, 0.3) is 11.3 Å². The second-order valence-corrected chi connectivity index (χ2v) is 4.28. The zero-order chi connectivity index (χ0) is 13.1. The van der Waals surface area contributed by atoms with Gasteiger partial charge in [0.15, 0.2) is 0 Å². The molecule has 0 aliphatic rings. The number of hydrogen-bond donors (Lipinski definition) is 2. The Morgan fingerprint density at radius 2 is 1.94 bits per heavy atom. The van der Waals surface area contributed by atoms with Crippen molar-refractivity contribution in [2.24, 2.45) is 5.73 Å². The molecule has 0 radical (unpaired) electrons. The fraction of sp³-hybridized carbons (Fsp3) is 0.214. The number of nitrogens with two attached hydrogens (primary N) is 1. The van der Waals surface area contributed by atoms with Crippen LogP contribution in [0.4, 0.5) is 0 Å². The van der Waals surface area contributed by atoms with E-state index in [4.69, 9.17) is 15.3 Å². The standard InChI is InChI=1S/C14H15NO3/c1-9-2-4-10(5-3-9)13-7-6-11(18-13)8-12(15)14(16)17/h2-7,12H,8,15H2,1H3,(H,16,17). The molecular weight excluding hydrogens is 230 g/mol. The van der Waals surface area contributed by atoms with Gasteiger partial charge < -0.3 is 15.3 Å². The first-order valence-electron chi connectivity index (χ1n) is 5.70. The van der Waals surface area contributed by atoms with E-state index in [2.05, 4.69) is 0 Å². The third-order valence-electron chi connectivity index (χ3n) is 2.74. The molecule has 1 unspecified atom stereocenters. The van der Waals surface area contributed by atoms with Gasteiger partial charge in [0.1, 0.15) is 17.6 Å². The third kappa shape index (κ3) is 2.78.